The number of piperazine rings is 1. The maximum absolute atomic E-state index is 13.7. The number of rotatable bonds is 4. The summed E-state index contributed by atoms with van der Waals surface area (Å²) in [6, 6.07) is 5.07. The molecule has 1 fully saturated rings. The Balaban J connectivity index is 1.89. The van der Waals surface area contributed by atoms with Gasteiger partial charge in [-0.3, -0.25) is 9.69 Å². The van der Waals surface area contributed by atoms with Crippen LogP contribution >= 0.6 is 0 Å². The van der Waals surface area contributed by atoms with Gasteiger partial charge in [-0.2, -0.15) is 0 Å². The minimum absolute atomic E-state index is 0.113. The third kappa shape index (κ3) is 4.02. The lowest BCUT2D eigenvalue weighted by Crippen LogP contribution is -2.49. The van der Waals surface area contributed by atoms with Crippen LogP contribution in [0.1, 0.15) is 11.1 Å². The number of carbonyl (C=O) groups is 1. The molecule has 1 aromatic rings. The summed E-state index contributed by atoms with van der Waals surface area (Å²) in [6.07, 6.45) is 0. The number of hydrogen-bond donors (Lipinski definition) is 1. The van der Waals surface area contributed by atoms with Gasteiger partial charge in [-0.1, -0.05) is 17.7 Å². The number of likely N-dealkylation sites (N-methyl/N-ethyl adjacent to an activating group) is 1. The Morgan fingerprint density at radius 3 is 2.80 bits per heavy atom. The predicted molar refractivity (Wildman–Crippen MR) is 76.9 cm³/mol. The van der Waals surface area contributed by atoms with Gasteiger partial charge in [0.05, 0.1) is 6.54 Å². The van der Waals surface area contributed by atoms with E-state index in [1.54, 1.807) is 6.07 Å². The zero-order chi connectivity index (χ0) is 14.5. The van der Waals surface area contributed by atoms with E-state index in [4.69, 9.17) is 0 Å². The molecule has 0 atom stereocenters. The standard InChI is InChI=1S/C15H22FN3O/c1-12-3-4-14(16)13(9-12)10-18(2)11-15(20)19-7-5-17-6-8-19/h3-4,9,17H,5-8,10-11H2,1-2H3. The number of nitrogens with zero attached hydrogens (tertiary/aromatic N) is 2. The third-order valence-electron chi connectivity index (χ3n) is 3.52. The van der Waals surface area contributed by atoms with Crippen molar-refractivity contribution in [1.82, 2.24) is 15.1 Å². The molecular weight excluding hydrogens is 257 g/mol. The van der Waals surface area contributed by atoms with Crippen molar-refractivity contribution < 1.29 is 9.18 Å². The zero-order valence-corrected chi connectivity index (χ0v) is 12.2. The predicted octanol–water partition coefficient (Wildman–Crippen LogP) is 0.998. The van der Waals surface area contributed by atoms with E-state index >= 15 is 0 Å². The van der Waals surface area contributed by atoms with Crippen molar-refractivity contribution in [2.24, 2.45) is 0 Å². The molecule has 0 aliphatic carbocycles. The van der Waals surface area contributed by atoms with Gasteiger partial charge < -0.3 is 10.2 Å². The fraction of sp³-hybridized carbons (Fsp3) is 0.533. The van der Waals surface area contributed by atoms with E-state index in [1.165, 1.54) is 6.07 Å². The van der Waals surface area contributed by atoms with E-state index in [9.17, 15) is 9.18 Å². The topological polar surface area (TPSA) is 35.6 Å². The molecule has 0 unspecified atom stereocenters. The molecule has 1 aliphatic rings. The van der Waals surface area contributed by atoms with Crippen LogP contribution in [0.15, 0.2) is 18.2 Å². The molecule has 1 amide bonds. The molecule has 1 N–H and O–H groups in total. The summed E-state index contributed by atoms with van der Waals surface area (Å²) in [7, 11) is 1.85. The molecule has 1 aliphatic heterocycles. The smallest absolute Gasteiger partial charge is 0.236 e. The van der Waals surface area contributed by atoms with Crippen LogP contribution in [0.25, 0.3) is 0 Å². The highest BCUT2D eigenvalue weighted by Crippen LogP contribution is 2.12. The van der Waals surface area contributed by atoms with Crippen molar-refractivity contribution in [3.8, 4) is 0 Å². The Labute approximate surface area is 119 Å². The zero-order valence-electron chi connectivity index (χ0n) is 12.2. The lowest BCUT2D eigenvalue weighted by Gasteiger charge is -2.29. The summed E-state index contributed by atoms with van der Waals surface area (Å²) in [4.78, 5) is 15.8. The lowest BCUT2D eigenvalue weighted by molar-refractivity contribution is -0.132. The second kappa shape index (κ2) is 6.81. The van der Waals surface area contributed by atoms with Crippen LogP contribution in [0, 0.1) is 12.7 Å². The lowest BCUT2D eigenvalue weighted by atomic mass is 10.1. The average molecular weight is 279 g/mol. The number of carbonyl (C=O) groups excluding carboxylic acids is 1. The van der Waals surface area contributed by atoms with E-state index in [0.29, 0.717) is 18.7 Å². The molecule has 110 valence electrons. The van der Waals surface area contributed by atoms with Gasteiger partial charge in [-0.25, -0.2) is 4.39 Å². The van der Waals surface area contributed by atoms with Gasteiger partial charge in [0.25, 0.3) is 0 Å². The van der Waals surface area contributed by atoms with Gasteiger partial charge >= 0.3 is 0 Å². The normalized spacial score (nSPS) is 15.7. The Bertz CT molecular complexity index is 472. The van der Waals surface area contributed by atoms with E-state index < -0.39 is 0 Å². The molecule has 4 nitrogen and oxygen atoms in total. The van der Waals surface area contributed by atoms with E-state index in [-0.39, 0.29) is 11.7 Å². The van der Waals surface area contributed by atoms with Gasteiger partial charge in [0.15, 0.2) is 0 Å². The first-order valence-electron chi connectivity index (χ1n) is 6.98. The monoisotopic (exact) mass is 279 g/mol. The molecule has 20 heavy (non-hydrogen) atoms. The minimum Gasteiger partial charge on any atom is -0.339 e. The summed E-state index contributed by atoms with van der Waals surface area (Å²) in [6.45, 7) is 5.93. The van der Waals surface area contributed by atoms with Gasteiger partial charge in [-0.05, 0) is 20.0 Å². The molecular formula is C15H22FN3O. The van der Waals surface area contributed by atoms with Crippen molar-refractivity contribution >= 4 is 5.91 Å². The number of halogens is 1. The molecule has 0 spiro atoms. The molecule has 2 rings (SSSR count). The summed E-state index contributed by atoms with van der Waals surface area (Å²) >= 11 is 0. The van der Waals surface area contributed by atoms with E-state index in [1.807, 2.05) is 29.8 Å². The van der Waals surface area contributed by atoms with Gasteiger partial charge in [0.2, 0.25) is 5.91 Å². The molecule has 5 heteroatoms. The minimum atomic E-state index is -0.211. The first kappa shape index (κ1) is 14.9. The molecule has 1 saturated heterocycles. The first-order valence-corrected chi connectivity index (χ1v) is 6.98. The molecule has 1 heterocycles. The number of benzene rings is 1. The quantitative estimate of drug-likeness (QED) is 0.893. The fourth-order valence-electron chi connectivity index (χ4n) is 2.42. The molecule has 0 radical (unpaired) electrons. The van der Waals surface area contributed by atoms with E-state index in [2.05, 4.69) is 5.32 Å². The van der Waals surface area contributed by atoms with Crippen molar-refractivity contribution in [2.75, 3.05) is 39.8 Å². The number of nitrogens with one attached hydrogen (secondary N) is 1. The fourth-order valence-corrected chi connectivity index (χ4v) is 2.42. The van der Waals surface area contributed by atoms with Crippen molar-refractivity contribution in [3.63, 3.8) is 0 Å². The number of aryl methyl sites for hydroxylation is 1. The van der Waals surface area contributed by atoms with Crippen molar-refractivity contribution in [2.45, 2.75) is 13.5 Å². The van der Waals surface area contributed by atoms with Crippen LogP contribution in [0.5, 0.6) is 0 Å². The van der Waals surface area contributed by atoms with Crippen LogP contribution in [-0.4, -0.2) is 55.5 Å². The second-order valence-electron chi connectivity index (χ2n) is 5.40. The first-order chi connectivity index (χ1) is 9.56. The Kier molecular flexibility index (Phi) is 5.09. The van der Waals surface area contributed by atoms with Crippen molar-refractivity contribution in [1.29, 1.82) is 0 Å². The van der Waals surface area contributed by atoms with Crippen LogP contribution in [0.2, 0.25) is 0 Å². The number of amides is 1. The van der Waals surface area contributed by atoms with Gasteiger partial charge in [0, 0.05) is 38.3 Å². The summed E-state index contributed by atoms with van der Waals surface area (Å²) in [5, 5.41) is 3.22. The highest BCUT2D eigenvalue weighted by molar-refractivity contribution is 5.78. The SMILES string of the molecule is Cc1ccc(F)c(CN(C)CC(=O)N2CCNCC2)c1. The molecule has 0 aromatic heterocycles. The van der Waals surface area contributed by atoms with Crippen molar-refractivity contribution in [3.05, 3.63) is 35.1 Å². The third-order valence-corrected chi connectivity index (χ3v) is 3.52. The largest absolute Gasteiger partial charge is 0.339 e. The molecule has 0 bridgehead atoms. The Hall–Kier alpha value is -1.46. The summed E-state index contributed by atoms with van der Waals surface area (Å²) in [5.74, 6) is -0.0980. The maximum Gasteiger partial charge on any atom is 0.236 e. The highest BCUT2D eigenvalue weighted by Gasteiger charge is 2.18. The Morgan fingerprint density at radius 1 is 1.40 bits per heavy atom. The second-order valence-corrected chi connectivity index (χ2v) is 5.40. The van der Waals surface area contributed by atoms with Gasteiger partial charge in [0.1, 0.15) is 5.82 Å². The maximum atomic E-state index is 13.7. The summed E-state index contributed by atoms with van der Waals surface area (Å²) in [5.41, 5.74) is 1.67. The Morgan fingerprint density at radius 2 is 2.10 bits per heavy atom. The van der Waals surface area contributed by atoms with E-state index in [0.717, 1.165) is 31.7 Å². The van der Waals surface area contributed by atoms with Gasteiger partial charge in [-0.15, -0.1) is 0 Å². The number of hydrogen-bond acceptors (Lipinski definition) is 3. The average Bonchev–Trinajstić information content (AvgIpc) is 2.43. The highest BCUT2D eigenvalue weighted by atomic mass is 19.1. The van der Waals surface area contributed by atoms with Crippen LogP contribution in [0.4, 0.5) is 4.39 Å². The molecule has 1 aromatic carbocycles. The molecule has 0 saturated carbocycles. The summed E-state index contributed by atoms with van der Waals surface area (Å²) < 4.78 is 13.7. The van der Waals surface area contributed by atoms with Crippen LogP contribution in [0.3, 0.4) is 0 Å². The van der Waals surface area contributed by atoms with Crippen LogP contribution < -0.4 is 5.32 Å². The van der Waals surface area contributed by atoms with Crippen LogP contribution in [-0.2, 0) is 11.3 Å².